The second kappa shape index (κ2) is 6.77. The van der Waals surface area contributed by atoms with E-state index < -0.39 is 0 Å². The number of hydrogen-bond acceptors (Lipinski definition) is 1. The summed E-state index contributed by atoms with van der Waals surface area (Å²) in [7, 11) is 0. The highest BCUT2D eigenvalue weighted by Crippen LogP contribution is 2.28. The summed E-state index contributed by atoms with van der Waals surface area (Å²) in [6.45, 7) is 2.49. The van der Waals surface area contributed by atoms with Crippen molar-refractivity contribution in [2.45, 2.75) is 13.5 Å². The van der Waals surface area contributed by atoms with E-state index in [9.17, 15) is 0 Å². The van der Waals surface area contributed by atoms with E-state index in [0.717, 1.165) is 21.3 Å². The summed E-state index contributed by atoms with van der Waals surface area (Å²) in [5.41, 5.74) is 8.80. The molecule has 2 aromatic rings. The van der Waals surface area contributed by atoms with Crippen LogP contribution in [0.15, 0.2) is 51.9 Å². The summed E-state index contributed by atoms with van der Waals surface area (Å²) >= 11 is 9.57. The molecule has 0 aliphatic rings. The van der Waals surface area contributed by atoms with Gasteiger partial charge in [0.15, 0.2) is 5.96 Å². The third-order valence-electron chi connectivity index (χ3n) is 2.79. The first-order valence-corrected chi connectivity index (χ1v) is 7.30. The zero-order valence-corrected chi connectivity index (χ0v) is 13.4. The van der Waals surface area contributed by atoms with Gasteiger partial charge in [0, 0.05) is 9.50 Å². The molecule has 20 heavy (non-hydrogen) atoms. The first kappa shape index (κ1) is 14.9. The fraction of sp³-hybridized carbons (Fsp3) is 0.133. The zero-order valence-electron chi connectivity index (χ0n) is 11.0. The molecular weight excluding hydrogens is 338 g/mol. The Hall–Kier alpha value is -1.52. The van der Waals surface area contributed by atoms with Crippen molar-refractivity contribution in [3.63, 3.8) is 0 Å². The van der Waals surface area contributed by atoms with Gasteiger partial charge in [-0.1, -0.05) is 41.9 Å². The molecule has 0 radical (unpaired) electrons. The van der Waals surface area contributed by atoms with Crippen LogP contribution in [-0.2, 0) is 6.54 Å². The van der Waals surface area contributed by atoms with Crippen molar-refractivity contribution in [3.05, 3.63) is 63.1 Å². The highest BCUT2D eigenvalue weighted by molar-refractivity contribution is 9.10. The average Bonchev–Trinajstić information content (AvgIpc) is 2.44. The number of nitrogens with zero attached hydrogens (tertiary/aromatic N) is 1. The SMILES string of the molecule is Cc1cc(Br)c(NC(N)=NCc2ccccc2)cc1Cl. The second-order valence-electron chi connectivity index (χ2n) is 4.39. The molecule has 0 saturated carbocycles. The molecule has 2 aromatic carbocycles. The fourth-order valence-electron chi connectivity index (χ4n) is 1.68. The number of nitrogens with two attached hydrogens (primary N) is 1. The van der Waals surface area contributed by atoms with Gasteiger partial charge in [-0.2, -0.15) is 0 Å². The van der Waals surface area contributed by atoms with Crippen LogP contribution in [-0.4, -0.2) is 5.96 Å². The molecule has 3 nitrogen and oxygen atoms in total. The van der Waals surface area contributed by atoms with Gasteiger partial charge in [-0.25, -0.2) is 4.99 Å². The monoisotopic (exact) mass is 351 g/mol. The first-order chi connectivity index (χ1) is 9.56. The molecule has 0 unspecified atom stereocenters. The largest absolute Gasteiger partial charge is 0.370 e. The van der Waals surface area contributed by atoms with Crippen molar-refractivity contribution in [2.24, 2.45) is 10.7 Å². The Morgan fingerprint density at radius 1 is 1.30 bits per heavy atom. The lowest BCUT2D eigenvalue weighted by Gasteiger charge is -2.10. The smallest absolute Gasteiger partial charge is 0.193 e. The number of aliphatic imine (C=N–C) groups is 1. The third kappa shape index (κ3) is 3.99. The molecule has 0 saturated heterocycles. The summed E-state index contributed by atoms with van der Waals surface area (Å²) in [5, 5.41) is 3.73. The van der Waals surface area contributed by atoms with E-state index in [-0.39, 0.29) is 0 Å². The summed E-state index contributed by atoms with van der Waals surface area (Å²) in [5.74, 6) is 0.356. The summed E-state index contributed by atoms with van der Waals surface area (Å²) in [6, 6.07) is 13.7. The van der Waals surface area contributed by atoms with Gasteiger partial charge in [0.05, 0.1) is 12.2 Å². The summed E-state index contributed by atoms with van der Waals surface area (Å²) in [6.07, 6.45) is 0. The van der Waals surface area contributed by atoms with Gasteiger partial charge in [-0.15, -0.1) is 0 Å². The number of halogens is 2. The molecule has 0 heterocycles. The Bertz CT molecular complexity index is 627. The van der Waals surface area contributed by atoms with Crippen molar-refractivity contribution >= 4 is 39.2 Å². The van der Waals surface area contributed by atoms with Crippen molar-refractivity contribution in [3.8, 4) is 0 Å². The number of hydrogen-bond donors (Lipinski definition) is 2. The minimum atomic E-state index is 0.356. The van der Waals surface area contributed by atoms with Gasteiger partial charge in [-0.05, 0) is 46.1 Å². The van der Waals surface area contributed by atoms with Crippen molar-refractivity contribution in [1.29, 1.82) is 0 Å². The van der Waals surface area contributed by atoms with Crippen LogP contribution in [0.5, 0.6) is 0 Å². The van der Waals surface area contributed by atoms with E-state index in [1.165, 1.54) is 0 Å². The standard InChI is InChI=1S/C15H15BrClN3/c1-10-7-12(16)14(8-13(10)17)20-15(18)19-9-11-5-3-2-4-6-11/h2-8H,9H2,1H3,(H3,18,19,20). The molecule has 0 bridgehead atoms. The van der Waals surface area contributed by atoms with Gasteiger partial charge in [0.2, 0.25) is 0 Å². The highest BCUT2D eigenvalue weighted by Gasteiger charge is 2.05. The van der Waals surface area contributed by atoms with E-state index in [1.54, 1.807) is 0 Å². The predicted molar refractivity (Wildman–Crippen MR) is 89.3 cm³/mol. The fourth-order valence-corrected chi connectivity index (χ4v) is 2.40. The second-order valence-corrected chi connectivity index (χ2v) is 5.65. The van der Waals surface area contributed by atoms with Gasteiger partial charge in [0.25, 0.3) is 0 Å². The molecule has 0 aliphatic carbocycles. The minimum absolute atomic E-state index is 0.356. The zero-order chi connectivity index (χ0) is 14.5. The normalized spacial score (nSPS) is 11.4. The van der Waals surface area contributed by atoms with Gasteiger partial charge < -0.3 is 11.1 Å². The maximum Gasteiger partial charge on any atom is 0.193 e. The van der Waals surface area contributed by atoms with Crippen LogP contribution in [0.1, 0.15) is 11.1 Å². The number of rotatable bonds is 3. The van der Waals surface area contributed by atoms with Crippen LogP contribution in [0.2, 0.25) is 5.02 Å². The Morgan fingerprint density at radius 3 is 2.70 bits per heavy atom. The lowest BCUT2D eigenvalue weighted by atomic mass is 10.2. The Morgan fingerprint density at radius 2 is 2.00 bits per heavy atom. The van der Waals surface area contributed by atoms with E-state index in [4.69, 9.17) is 17.3 Å². The van der Waals surface area contributed by atoms with E-state index in [2.05, 4.69) is 26.2 Å². The molecule has 104 valence electrons. The van der Waals surface area contributed by atoms with Crippen LogP contribution in [0.4, 0.5) is 5.69 Å². The number of guanidine groups is 1. The molecule has 0 spiro atoms. The number of benzene rings is 2. The maximum atomic E-state index is 6.10. The number of nitrogens with one attached hydrogen (secondary N) is 1. The van der Waals surface area contributed by atoms with E-state index in [0.29, 0.717) is 17.5 Å². The van der Waals surface area contributed by atoms with Crippen LogP contribution in [0, 0.1) is 6.92 Å². The maximum absolute atomic E-state index is 6.10. The lowest BCUT2D eigenvalue weighted by molar-refractivity contribution is 1.06. The van der Waals surface area contributed by atoms with Crippen LogP contribution < -0.4 is 11.1 Å². The Balaban J connectivity index is 2.08. The van der Waals surface area contributed by atoms with Crippen LogP contribution >= 0.6 is 27.5 Å². The van der Waals surface area contributed by atoms with E-state index in [1.807, 2.05) is 49.4 Å². The summed E-state index contributed by atoms with van der Waals surface area (Å²) < 4.78 is 0.900. The summed E-state index contributed by atoms with van der Waals surface area (Å²) in [4.78, 5) is 4.30. The molecule has 3 N–H and O–H groups in total. The minimum Gasteiger partial charge on any atom is -0.370 e. The molecule has 0 fully saturated rings. The quantitative estimate of drug-likeness (QED) is 0.638. The van der Waals surface area contributed by atoms with Gasteiger partial charge in [0.1, 0.15) is 0 Å². The van der Waals surface area contributed by atoms with Gasteiger partial charge in [-0.3, -0.25) is 0 Å². The Labute approximate surface area is 132 Å². The molecule has 5 heteroatoms. The lowest BCUT2D eigenvalue weighted by Crippen LogP contribution is -2.22. The molecule has 2 rings (SSSR count). The van der Waals surface area contributed by atoms with Crippen molar-refractivity contribution in [1.82, 2.24) is 0 Å². The predicted octanol–water partition coefficient (Wildman–Crippen LogP) is 4.34. The van der Waals surface area contributed by atoms with Gasteiger partial charge >= 0.3 is 0 Å². The van der Waals surface area contributed by atoms with Crippen molar-refractivity contribution < 1.29 is 0 Å². The van der Waals surface area contributed by atoms with Crippen molar-refractivity contribution in [2.75, 3.05) is 5.32 Å². The van der Waals surface area contributed by atoms with E-state index >= 15 is 0 Å². The molecule has 0 aromatic heterocycles. The molecular formula is C15H15BrClN3. The van der Waals surface area contributed by atoms with Crippen LogP contribution in [0.3, 0.4) is 0 Å². The molecule has 0 aliphatic heterocycles. The molecule has 0 amide bonds. The number of anilines is 1. The highest BCUT2D eigenvalue weighted by atomic mass is 79.9. The van der Waals surface area contributed by atoms with Crippen LogP contribution in [0.25, 0.3) is 0 Å². The number of aryl methyl sites for hydroxylation is 1. The average molecular weight is 353 g/mol. The third-order valence-corrected chi connectivity index (χ3v) is 3.85. The topological polar surface area (TPSA) is 50.4 Å². The first-order valence-electron chi connectivity index (χ1n) is 6.13. The Kier molecular flexibility index (Phi) is 5.04. The molecule has 0 atom stereocenters.